The zero-order chi connectivity index (χ0) is 14.7. The topological polar surface area (TPSA) is 76.5 Å². The van der Waals surface area contributed by atoms with Crippen LogP contribution >= 0.6 is 0 Å². The van der Waals surface area contributed by atoms with Gasteiger partial charge in [-0.3, -0.25) is 9.78 Å². The molecule has 0 aliphatic carbocycles. The second-order valence-corrected chi connectivity index (χ2v) is 5.39. The predicted octanol–water partition coefficient (Wildman–Crippen LogP) is 1.17. The van der Waals surface area contributed by atoms with Crippen LogP contribution in [0, 0.1) is 5.92 Å². The predicted molar refractivity (Wildman–Crippen MR) is 77.4 cm³/mol. The van der Waals surface area contributed by atoms with E-state index >= 15 is 0 Å². The Kier molecular flexibility index (Phi) is 4.34. The zero-order valence-corrected chi connectivity index (χ0v) is 12.2. The highest BCUT2D eigenvalue weighted by molar-refractivity contribution is 6.00. The average molecular weight is 275 g/mol. The van der Waals surface area contributed by atoms with E-state index in [0.29, 0.717) is 18.0 Å². The molecule has 2 rings (SSSR count). The van der Waals surface area contributed by atoms with E-state index < -0.39 is 0 Å². The summed E-state index contributed by atoms with van der Waals surface area (Å²) in [6, 6.07) is 0.107. The molecule has 0 bridgehead atoms. The fraction of sp³-hybridized carbons (Fsp3) is 0.500. The Bertz CT molecular complexity index is 592. The Morgan fingerprint density at radius 2 is 2.20 bits per heavy atom. The Labute approximate surface area is 118 Å². The van der Waals surface area contributed by atoms with Crippen molar-refractivity contribution in [1.29, 1.82) is 0 Å². The molecule has 108 valence electrons. The highest BCUT2D eigenvalue weighted by Crippen LogP contribution is 2.12. The quantitative estimate of drug-likeness (QED) is 0.888. The molecule has 2 heterocycles. The summed E-state index contributed by atoms with van der Waals surface area (Å²) in [6.45, 7) is 4.81. The molecule has 20 heavy (non-hydrogen) atoms. The van der Waals surface area contributed by atoms with E-state index in [9.17, 15) is 4.79 Å². The van der Waals surface area contributed by atoms with Crippen molar-refractivity contribution in [3.63, 3.8) is 0 Å². The van der Waals surface area contributed by atoms with Gasteiger partial charge in [0.15, 0.2) is 0 Å². The van der Waals surface area contributed by atoms with E-state index in [1.54, 1.807) is 41.3 Å². The van der Waals surface area contributed by atoms with Gasteiger partial charge in [0.1, 0.15) is 0 Å². The maximum absolute atomic E-state index is 12.4. The molecule has 2 aromatic rings. The van der Waals surface area contributed by atoms with Crippen LogP contribution in [0.15, 0.2) is 24.8 Å². The molecular formula is C14H21N5O. The summed E-state index contributed by atoms with van der Waals surface area (Å²) in [5.74, 6) is 0.364. The maximum atomic E-state index is 12.4. The number of hydrogen-bond donors (Lipinski definition) is 1. The molecule has 0 aromatic carbocycles. The monoisotopic (exact) mass is 275 g/mol. The van der Waals surface area contributed by atoms with Gasteiger partial charge in [-0.15, -0.1) is 0 Å². The number of rotatable bonds is 5. The average Bonchev–Trinajstić information content (AvgIpc) is 2.87. The van der Waals surface area contributed by atoms with Crippen LogP contribution in [0.4, 0.5) is 0 Å². The maximum Gasteiger partial charge on any atom is 0.257 e. The minimum Gasteiger partial charge on any atom is -0.342 e. The Morgan fingerprint density at radius 1 is 1.45 bits per heavy atom. The van der Waals surface area contributed by atoms with E-state index in [0.717, 1.165) is 11.9 Å². The number of aromatic nitrogens is 3. The number of hydrogen-bond acceptors (Lipinski definition) is 4. The van der Waals surface area contributed by atoms with Crippen LogP contribution < -0.4 is 5.73 Å². The van der Waals surface area contributed by atoms with Gasteiger partial charge >= 0.3 is 0 Å². The molecule has 0 aliphatic rings. The first-order valence-corrected chi connectivity index (χ1v) is 6.79. The van der Waals surface area contributed by atoms with E-state index in [4.69, 9.17) is 5.73 Å². The lowest BCUT2D eigenvalue weighted by Gasteiger charge is -2.21. The molecule has 0 saturated carbocycles. The van der Waals surface area contributed by atoms with Crippen LogP contribution in [0.1, 0.15) is 30.6 Å². The summed E-state index contributed by atoms with van der Waals surface area (Å²) < 4.78 is 1.65. The van der Waals surface area contributed by atoms with Gasteiger partial charge in [-0.25, -0.2) is 4.52 Å². The number of amides is 1. The number of nitrogens with two attached hydrogens (primary N) is 1. The Hall–Kier alpha value is -1.95. The summed E-state index contributed by atoms with van der Waals surface area (Å²) in [5, 5.41) is 4.15. The highest BCUT2D eigenvalue weighted by atomic mass is 16.2. The summed E-state index contributed by atoms with van der Waals surface area (Å²) in [4.78, 5) is 18.1. The van der Waals surface area contributed by atoms with Crippen molar-refractivity contribution >= 4 is 11.4 Å². The van der Waals surface area contributed by atoms with Crippen LogP contribution in [0.25, 0.3) is 5.52 Å². The van der Waals surface area contributed by atoms with Crippen LogP contribution in [0.2, 0.25) is 0 Å². The summed E-state index contributed by atoms with van der Waals surface area (Å²) in [7, 11) is 1.79. The van der Waals surface area contributed by atoms with Gasteiger partial charge in [0.05, 0.1) is 23.5 Å². The van der Waals surface area contributed by atoms with E-state index in [1.165, 1.54) is 0 Å². The molecule has 6 nitrogen and oxygen atoms in total. The fourth-order valence-corrected chi connectivity index (χ4v) is 1.98. The molecule has 0 aliphatic heterocycles. The molecule has 2 N–H and O–H groups in total. The molecule has 1 amide bonds. The molecule has 0 fully saturated rings. The summed E-state index contributed by atoms with van der Waals surface area (Å²) in [6.07, 6.45) is 7.38. The van der Waals surface area contributed by atoms with E-state index in [1.807, 2.05) is 0 Å². The fourth-order valence-electron chi connectivity index (χ4n) is 1.98. The number of carbonyl (C=O) groups is 1. The molecule has 0 saturated heterocycles. The van der Waals surface area contributed by atoms with Gasteiger partial charge in [-0.1, -0.05) is 13.8 Å². The van der Waals surface area contributed by atoms with Crippen LogP contribution in [0.3, 0.4) is 0 Å². The SMILES string of the molecule is CC(C)C(N)CCN(C)C(=O)c1cnn2ccncc12. The van der Waals surface area contributed by atoms with Crippen LogP contribution in [-0.2, 0) is 0 Å². The molecule has 2 aromatic heterocycles. The minimum atomic E-state index is -0.0519. The number of nitrogens with zero attached hydrogens (tertiary/aromatic N) is 4. The van der Waals surface area contributed by atoms with Gasteiger partial charge in [0.2, 0.25) is 0 Å². The lowest BCUT2D eigenvalue weighted by atomic mass is 10.0. The number of carbonyl (C=O) groups excluding carboxylic acids is 1. The lowest BCUT2D eigenvalue weighted by molar-refractivity contribution is 0.0791. The van der Waals surface area contributed by atoms with Crippen molar-refractivity contribution in [3.05, 3.63) is 30.4 Å². The Balaban J connectivity index is 2.07. The first-order chi connectivity index (χ1) is 9.50. The van der Waals surface area contributed by atoms with Gasteiger partial charge < -0.3 is 10.6 Å². The third-order valence-electron chi connectivity index (χ3n) is 3.56. The molecule has 0 spiro atoms. The minimum absolute atomic E-state index is 0.0519. The second kappa shape index (κ2) is 6.00. The third-order valence-corrected chi connectivity index (χ3v) is 3.56. The van der Waals surface area contributed by atoms with Crippen molar-refractivity contribution in [2.24, 2.45) is 11.7 Å². The van der Waals surface area contributed by atoms with Crippen molar-refractivity contribution in [1.82, 2.24) is 19.5 Å². The first kappa shape index (κ1) is 14.5. The Morgan fingerprint density at radius 3 is 2.90 bits per heavy atom. The van der Waals surface area contributed by atoms with Gasteiger partial charge in [-0.05, 0) is 12.3 Å². The number of fused-ring (bicyclic) bond motifs is 1. The normalized spacial score (nSPS) is 12.8. The molecule has 1 atom stereocenters. The van der Waals surface area contributed by atoms with E-state index in [2.05, 4.69) is 23.9 Å². The molecule has 1 unspecified atom stereocenters. The largest absolute Gasteiger partial charge is 0.342 e. The van der Waals surface area contributed by atoms with Gasteiger partial charge in [-0.2, -0.15) is 5.10 Å². The molecular weight excluding hydrogens is 254 g/mol. The standard InChI is InChI=1S/C14H21N5O/c1-10(2)12(15)4-6-18(3)14(20)11-8-17-19-7-5-16-9-13(11)19/h5,7-10,12H,4,6,15H2,1-3H3. The van der Waals surface area contributed by atoms with Crippen molar-refractivity contribution in [2.45, 2.75) is 26.3 Å². The highest BCUT2D eigenvalue weighted by Gasteiger charge is 2.18. The van der Waals surface area contributed by atoms with Gasteiger partial charge in [0.25, 0.3) is 5.91 Å². The zero-order valence-electron chi connectivity index (χ0n) is 12.2. The van der Waals surface area contributed by atoms with E-state index in [-0.39, 0.29) is 11.9 Å². The van der Waals surface area contributed by atoms with Crippen LogP contribution in [-0.4, -0.2) is 45.0 Å². The third kappa shape index (κ3) is 2.96. The summed E-state index contributed by atoms with van der Waals surface area (Å²) in [5.41, 5.74) is 7.30. The molecule has 6 heteroatoms. The first-order valence-electron chi connectivity index (χ1n) is 6.79. The second-order valence-electron chi connectivity index (χ2n) is 5.39. The molecule has 0 radical (unpaired) electrons. The summed E-state index contributed by atoms with van der Waals surface area (Å²) >= 11 is 0. The lowest BCUT2D eigenvalue weighted by Crippen LogP contribution is -2.34. The smallest absolute Gasteiger partial charge is 0.257 e. The van der Waals surface area contributed by atoms with Crippen molar-refractivity contribution < 1.29 is 4.79 Å². The van der Waals surface area contributed by atoms with Crippen molar-refractivity contribution in [2.75, 3.05) is 13.6 Å². The van der Waals surface area contributed by atoms with Crippen molar-refractivity contribution in [3.8, 4) is 0 Å². The van der Waals surface area contributed by atoms with Gasteiger partial charge in [0, 0.05) is 32.0 Å². The van der Waals surface area contributed by atoms with Crippen LogP contribution in [0.5, 0.6) is 0 Å².